The maximum Gasteiger partial charge on any atom is 0.271 e. The Balaban J connectivity index is 1.63. The fraction of sp³-hybridized carbons (Fsp3) is 0.130. The van der Waals surface area contributed by atoms with E-state index < -0.39 is 11.8 Å². The summed E-state index contributed by atoms with van der Waals surface area (Å²) in [5, 5.41) is 0. The zero-order valence-electron chi connectivity index (χ0n) is 16.8. The van der Waals surface area contributed by atoms with E-state index in [4.69, 9.17) is 9.47 Å². The number of benzene rings is 2. The van der Waals surface area contributed by atoms with Crippen LogP contribution in [0.25, 0.3) is 11.8 Å². The molecule has 0 radical (unpaired) electrons. The van der Waals surface area contributed by atoms with Crippen molar-refractivity contribution in [1.29, 1.82) is 0 Å². The smallest absolute Gasteiger partial charge is 0.271 e. The van der Waals surface area contributed by atoms with Crippen LogP contribution in [0.5, 0.6) is 11.5 Å². The van der Waals surface area contributed by atoms with Crippen LogP contribution in [-0.2, 0) is 4.79 Å². The molecule has 7 heteroatoms. The molecule has 0 atom stereocenters. The molecule has 0 aliphatic carbocycles. The number of aromatic nitrogens is 1. The minimum atomic E-state index is -0.462. The van der Waals surface area contributed by atoms with Crippen LogP contribution >= 0.6 is 0 Å². The van der Waals surface area contributed by atoms with Gasteiger partial charge >= 0.3 is 0 Å². The number of hydrogen-bond donors (Lipinski definition) is 2. The maximum absolute atomic E-state index is 12.5. The predicted molar refractivity (Wildman–Crippen MR) is 115 cm³/mol. The quantitative estimate of drug-likeness (QED) is 0.467. The van der Waals surface area contributed by atoms with Crippen molar-refractivity contribution in [1.82, 2.24) is 15.4 Å². The third-order valence-corrected chi connectivity index (χ3v) is 4.25. The van der Waals surface area contributed by atoms with E-state index in [1.165, 1.54) is 6.08 Å². The molecular weight excluding hydrogens is 382 g/mol. The molecule has 2 amide bonds. The average Bonchev–Trinajstić information content (AvgIpc) is 3.31. The number of amides is 2. The van der Waals surface area contributed by atoms with Gasteiger partial charge in [0.2, 0.25) is 0 Å². The Labute approximate surface area is 174 Å². The van der Waals surface area contributed by atoms with E-state index >= 15 is 0 Å². The zero-order valence-corrected chi connectivity index (χ0v) is 16.8. The Hall–Kier alpha value is -4.00. The standard InChI is InChI=1S/C23H23N3O4/c1-3-30-21-16-17(10-12-20(21)29-2)11-13-22(27)24-25-23(28)18-8-4-5-9-19(18)26-14-6-7-15-26/h4-16H,3H2,1-2H3,(H,24,27)(H,25,28)/b13-11+. The molecule has 3 aromatic rings. The highest BCUT2D eigenvalue weighted by Gasteiger charge is 2.12. The van der Waals surface area contributed by atoms with Gasteiger partial charge < -0.3 is 14.0 Å². The molecule has 0 fully saturated rings. The van der Waals surface area contributed by atoms with Gasteiger partial charge in [-0.3, -0.25) is 20.4 Å². The number of rotatable bonds is 7. The van der Waals surface area contributed by atoms with Gasteiger partial charge in [0.25, 0.3) is 11.8 Å². The summed E-state index contributed by atoms with van der Waals surface area (Å²) >= 11 is 0. The van der Waals surface area contributed by atoms with Gasteiger partial charge in [-0.05, 0) is 55.0 Å². The molecule has 30 heavy (non-hydrogen) atoms. The number of carbonyl (C=O) groups is 2. The molecule has 1 aromatic heterocycles. The second-order valence-corrected chi connectivity index (χ2v) is 6.23. The highest BCUT2D eigenvalue weighted by atomic mass is 16.5. The summed E-state index contributed by atoms with van der Waals surface area (Å²) in [7, 11) is 1.57. The molecule has 0 saturated carbocycles. The Morgan fingerprint density at radius 3 is 2.50 bits per heavy atom. The molecule has 0 spiro atoms. The van der Waals surface area contributed by atoms with Crippen molar-refractivity contribution in [2.24, 2.45) is 0 Å². The zero-order chi connectivity index (χ0) is 21.3. The Morgan fingerprint density at radius 2 is 1.77 bits per heavy atom. The van der Waals surface area contributed by atoms with Gasteiger partial charge in [0.05, 0.1) is 25.0 Å². The Morgan fingerprint density at radius 1 is 1.00 bits per heavy atom. The van der Waals surface area contributed by atoms with Crippen LogP contribution in [-0.4, -0.2) is 30.1 Å². The van der Waals surface area contributed by atoms with E-state index in [2.05, 4.69) is 10.9 Å². The first-order valence-corrected chi connectivity index (χ1v) is 9.44. The number of para-hydroxylation sites is 1. The summed E-state index contributed by atoms with van der Waals surface area (Å²) in [4.78, 5) is 24.7. The van der Waals surface area contributed by atoms with Crippen molar-refractivity contribution in [3.05, 3.63) is 84.2 Å². The van der Waals surface area contributed by atoms with E-state index in [9.17, 15) is 9.59 Å². The summed E-state index contributed by atoms with van der Waals surface area (Å²) < 4.78 is 12.6. The first-order chi connectivity index (χ1) is 14.6. The highest BCUT2D eigenvalue weighted by Crippen LogP contribution is 2.28. The van der Waals surface area contributed by atoms with Gasteiger partial charge in [0.1, 0.15) is 0 Å². The lowest BCUT2D eigenvalue weighted by Gasteiger charge is -2.11. The summed E-state index contributed by atoms with van der Waals surface area (Å²) in [5.74, 6) is 0.337. The van der Waals surface area contributed by atoms with Crippen LogP contribution in [0.1, 0.15) is 22.8 Å². The van der Waals surface area contributed by atoms with Crippen LogP contribution in [0.4, 0.5) is 0 Å². The molecule has 0 aliphatic heterocycles. The van der Waals surface area contributed by atoms with Gasteiger partial charge in [0, 0.05) is 18.5 Å². The van der Waals surface area contributed by atoms with Gasteiger partial charge in [-0.25, -0.2) is 0 Å². The lowest BCUT2D eigenvalue weighted by Crippen LogP contribution is -2.41. The normalized spacial score (nSPS) is 10.6. The number of nitrogens with one attached hydrogen (secondary N) is 2. The summed E-state index contributed by atoms with van der Waals surface area (Å²) in [6.07, 6.45) is 6.64. The van der Waals surface area contributed by atoms with E-state index in [1.54, 1.807) is 43.5 Å². The third-order valence-electron chi connectivity index (χ3n) is 4.25. The van der Waals surface area contributed by atoms with Crippen LogP contribution in [0, 0.1) is 0 Å². The van der Waals surface area contributed by atoms with E-state index in [0.29, 0.717) is 29.4 Å². The van der Waals surface area contributed by atoms with Crippen LogP contribution in [0.3, 0.4) is 0 Å². The number of carbonyl (C=O) groups excluding carboxylic acids is 2. The van der Waals surface area contributed by atoms with Gasteiger partial charge in [-0.2, -0.15) is 0 Å². The minimum Gasteiger partial charge on any atom is -0.493 e. The molecule has 3 rings (SSSR count). The van der Waals surface area contributed by atoms with Gasteiger partial charge in [0.15, 0.2) is 11.5 Å². The number of hydrazine groups is 1. The molecule has 0 aliphatic rings. The number of ether oxygens (including phenoxy) is 2. The average molecular weight is 405 g/mol. The molecule has 0 unspecified atom stereocenters. The van der Waals surface area contributed by atoms with Crippen molar-refractivity contribution in [2.45, 2.75) is 6.92 Å². The van der Waals surface area contributed by atoms with E-state index in [1.807, 2.05) is 48.1 Å². The largest absolute Gasteiger partial charge is 0.493 e. The molecule has 7 nitrogen and oxygen atoms in total. The third kappa shape index (κ3) is 5.08. The predicted octanol–water partition coefficient (Wildman–Crippen LogP) is 3.36. The fourth-order valence-electron chi connectivity index (χ4n) is 2.85. The van der Waals surface area contributed by atoms with Crippen molar-refractivity contribution in [2.75, 3.05) is 13.7 Å². The Kier molecular flexibility index (Phi) is 6.89. The number of methoxy groups -OCH3 is 1. The molecule has 1 heterocycles. The van der Waals surface area contributed by atoms with Crippen LogP contribution < -0.4 is 20.3 Å². The van der Waals surface area contributed by atoms with E-state index in [0.717, 1.165) is 5.56 Å². The van der Waals surface area contributed by atoms with Crippen molar-refractivity contribution in [3.63, 3.8) is 0 Å². The number of hydrogen-bond acceptors (Lipinski definition) is 4. The first kappa shape index (κ1) is 20.7. The molecule has 0 bridgehead atoms. The van der Waals surface area contributed by atoms with Crippen molar-refractivity contribution in [3.8, 4) is 17.2 Å². The van der Waals surface area contributed by atoms with Crippen LogP contribution in [0.15, 0.2) is 73.1 Å². The Bertz CT molecular complexity index is 1040. The monoisotopic (exact) mass is 405 g/mol. The lowest BCUT2D eigenvalue weighted by molar-refractivity contribution is -0.117. The van der Waals surface area contributed by atoms with Crippen LogP contribution in [0.2, 0.25) is 0 Å². The summed E-state index contributed by atoms with van der Waals surface area (Å²) in [6.45, 7) is 2.38. The van der Waals surface area contributed by atoms with Crippen molar-refractivity contribution < 1.29 is 19.1 Å². The fourth-order valence-corrected chi connectivity index (χ4v) is 2.85. The summed E-state index contributed by atoms with van der Waals surface area (Å²) in [5.41, 5.74) is 6.75. The second-order valence-electron chi connectivity index (χ2n) is 6.23. The minimum absolute atomic E-state index is 0.413. The highest BCUT2D eigenvalue weighted by molar-refractivity contribution is 6.00. The topological polar surface area (TPSA) is 81.6 Å². The first-order valence-electron chi connectivity index (χ1n) is 9.44. The second kappa shape index (κ2) is 9.97. The van der Waals surface area contributed by atoms with Gasteiger partial charge in [-0.1, -0.05) is 18.2 Å². The van der Waals surface area contributed by atoms with Crippen molar-refractivity contribution >= 4 is 17.9 Å². The maximum atomic E-state index is 12.5. The molecule has 2 aromatic carbocycles. The van der Waals surface area contributed by atoms with Gasteiger partial charge in [-0.15, -0.1) is 0 Å². The molecular formula is C23H23N3O4. The molecule has 0 saturated heterocycles. The summed E-state index contributed by atoms with van der Waals surface area (Å²) in [6, 6.07) is 16.2. The van der Waals surface area contributed by atoms with E-state index in [-0.39, 0.29) is 0 Å². The molecule has 154 valence electrons. The SMILES string of the molecule is CCOc1cc(/C=C/C(=O)NNC(=O)c2ccccc2-n2cccc2)ccc1OC. The lowest BCUT2D eigenvalue weighted by atomic mass is 10.1. The molecule has 2 N–H and O–H groups in total. The number of nitrogens with zero attached hydrogens (tertiary/aromatic N) is 1.